The molecule has 26 heavy (non-hydrogen) atoms. The molecule has 3 saturated carbocycles. The SMILES string of the molecule is C[C@]12CCC(O)CC1=CC[C@@H]1[C@H]2CC[C@@]2(C)[C@H]1CCC2(F)N1CCCC1. The Morgan fingerprint density at radius 1 is 1.04 bits per heavy atom. The van der Waals surface area contributed by atoms with Crippen molar-refractivity contribution in [2.24, 2.45) is 28.6 Å². The van der Waals surface area contributed by atoms with Gasteiger partial charge in [-0.05, 0) is 87.4 Å². The Morgan fingerprint density at radius 2 is 1.77 bits per heavy atom. The molecule has 0 aromatic carbocycles. The Hall–Kier alpha value is -0.410. The van der Waals surface area contributed by atoms with Crippen molar-refractivity contribution in [3.8, 4) is 0 Å². The van der Waals surface area contributed by atoms with Crippen molar-refractivity contribution in [1.29, 1.82) is 0 Å². The molecule has 0 aromatic heterocycles. The first-order valence-electron chi connectivity index (χ1n) is 11.2. The molecule has 0 radical (unpaired) electrons. The fourth-order valence-electron chi connectivity index (χ4n) is 8.19. The van der Waals surface area contributed by atoms with Crippen molar-refractivity contribution in [2.75, 3.05) is 13.1 Å². The number of hydrogen-bond acceptors (Lipinski definition) is 2. The fourth-order valence-corrected chi connectivity index (χ4v) is 8.19. The van der Waals surface area contributed by atoms with E-state index >= 15 is 4.39 Å². The molecule has 0 amide bonds. The summed E-state index contributed by atoms with van der Waals surface area (Å²) in [6.45, 7) is 6.69. The van der Waals surface area contributed by atoms with Crippen LogP contribution in [0.1, 0.15) is 78.1 Å². The lowest BCUT2D eigenvalue weighted by Crippen LogP contribution is -2.58. The number of halogens is 1. The molecular formula is C23H36FNO. The summed E-state index contributed by atoms with van der Waals surface area (Å²) in [5, 5.41) is 10.1. The quantitative estimate of drug-likeness (QED) is 0.520. The molecule has 5 rings (SSSR count). The van der Waals surface area contributed by atoms with Gasteiger partial charge in [0.05, 0.1) is 6.10 Å². The number of aliphatic hydroxyl groups is 1. The molecule has 0 bridgehead atoms. The maximum absolute atomic E-state index is 16.5. The van der Waals surface area contributed by atoms with Crippen molar-refractivity contribution in [3.05, 3.63) is 11.6 Å². The zero-order valence-electron chi connectivity index (χ0n) is 16.6. The second kappa shape index (κ2) is 5.80. The van der Waals surface area contributed by atoms with Crippen LogP contribution in [0, 0.1) is 28.6 Å². The Kier molecular flexibility index (Phi) is 3.94. The van der Waals surface area contributed by atoms with Gasteiger partial charge in [0.25, 0.3) is 0 Å². The molecule has 1 saturated heterocycles. The lowest BCUT2D eigenvalue weighted by atomic mass is 9.47. The van der Waals surface area contributed by atoms with E-state index in [0.29, 0.717) is 17.8 Å². The normalized spacial score (nSPS) is 54.4. The average molecular weight is 362 g/mol. The Morgan fingerprint density at radius 3 is 2.54 bits per heavy atom. The molecule has 1 N–H and O–H groups in total. The zero-order valence-corrected chi connectivity index (χ0v) is 16.6. The molecular weight excluding hydrogens is 325 g/mol. The lowest BCUT2D eigenvalue weighted by Gasteiger charge is -2.59. The van der Waals surface area contributed by atoms with Crippen molar-refractivity contribution in [3.63, 3.8) is 0 Å². The van der Waals surface area contributed by atoms with Crippen molar-refractivity contribution < 1.29 is 9.50 Å². The third-order valence-electron chi connectivity index (χ3n) is 9.74. The van der Waals surface area contributed by atoms with Gasteiger partial charge in [-0.3, -0.25) is 4.90 Å². The molecule has 146 valence electrons. The predicted molar refractivity (Wildman–Crippen MR) is 102 cm³/mol. The minimum Gasteiger partial charge on any atom is -0.393 e. The maximum atomic E-state index is 16.5. The van der Waals surface area contributed by atoms with Gasteiger partial charge in [-0.25, -0.2) is 4.39 Å². The monoisotopic (exact) mass is 361 g/mol. The molecule has 0 spiro atoms. The molecule has 4 fully saturated rings. The number of nitrogens with zero attached hydrogens (tertiary/aromatic N) is 1. The first-order chi connectivity index (χ1) is 12.4. The Labute approximate surface area is 158 Å². The maximum Gasteiger partial charge on any atom is 0.169 e. The summed E-state index contributed by atoms with van der Waals surface area (Å²) >= 11 is 0. The van der Waals surface area contributed by atoms with Crippen LogP contribution in [0.4, 0.5) is 4.39 Å². The second-order valence-electron chi connectivity index (χ2n) is 10.6. The minimum atomic E-state index is -1.06. The van der Waals surface area contributed by atoms with Gasteiger partial charge in [-0.2, -0.15) is 0 Å². The smallest absolute Gasteiger partial charge is 0.169 e. The van der Waals surface area contributed by atoms with Crippen LogP contribution in [0.15, 0.2) is 11.6 Å². The zero-order chi connectivity index (χ0) is 18.2. The molecule has 1 heterocycles. The van der Waals surface area contributed by atoms with Crippen LogP contribution in [0.25, 0.3) is 0 Å². The van der Waals surface area contributed by atoms with Gasteiger partial charge in [-0.15, -0.1) is 0 Å². The number of alkyl halides is 1. The summed E-state index contributed by atoms with van der Waals surface area (Å²) in [6, 6.07) is 0. The van der Waals surface area contributed by atoms with Crippen LogP contribution in [-0.2, 0) is 0 Å². The molecule has 5 aliphatic rings. The van der Waals surface area contributed by atoms with Crippen LogP contribution >= 0.6 is 0 Å². The van der Waals surface area contributed by atoms with Crippen LogP contribution in [0.2, 0.25) is 0 Å². The molecule has 4 aliphatic carbocycles. The number of aliphatic hydroxyl groups excluding tert-OH is 1. The molecule has 7 atom stereocenters. The van der Waals surface area contributed by atoms with Crippen molar-refractivity contribution in [2.45, 2.75) is 90.0 Å². The highest BCUT2D eigenvalue weighted by Gasteiger charge is 2.66. The van der Waals surface area contributed by atoms with E-state index in [1.807, 2.05) is 0 Å². The van der Waals surface area contributed by atoms with Gasteiger partial charge in [0.2, 0.25) is 0 Å². The fraction of sp³-hybridized carbons (Fsp3) is 0.913. The Bertz CT molecular complexity index is 613. The minimum absolute atomic E-state index is 0.139. The third kappa shape index (κ3) is 2.16. The van der Waals surface area contributed by atoms with E-state index < -0.39 is 5.79 Å². The van der Waals surface area contributed by atoms with Crippen molar-refractivity contribution in [1.82, 2.24) is 4.90 Å². The van der Waals surface area contributed by atoms with E-state index in [4.69, 9.17) is 0 Å². The molecule has 3 heteroatoms. The van der Waals surface area contributed by atoms with Gasteiger partial charge in [0, 0.05) is 18.5 Å². The number of likely N-dealkylation sites (tertiary alicyclic amines) is 1. The van der Waals surface area contributed by atoms with Gasteiger partial charge in [0.15, 0.2) is 5.79 Å². The van der Waals surface area contributed by atoms with E-state index in [1.165, 1.54) is 24.8 Å². The number of hydrogen-bond donors (Lipinski definition) is 1. The summed E-state index contributed by atoms with van der Waals surface area (Å²) < 4.78 is 16.5. The third-order valence-corrected chi connectivity index (χ3v) is 9.74. The topological polar surface area (TPSA) is 23.5 Å². The van der Waals surface area contributed by atoms with Gasteiger partial charge >= 0.3 is 0 Å². The van der Waals surface area contributed by atoms with Gasteiger partial charge in [0.1, 0.15) is 0 Å². The number of fused-ring (bicyclic) bond motifs is 5. The van der Waals surface area contributed by atoms with E-state index in [1.54, 1.807) is 0 Å². The average Bonchev–Trinajstić information content (AvgIpc) is 3.24. The highest BCUT2D eigenvalue weighted by Crippen LogP contribution is 2.68. The van der Waals surface area contributed by atoms with Gasteiger partial charge in [-0.1, -0.05) is 25.5 Å². The van der Waals surface area contributed by atoms with Crippen LogP contribution in [0.3, 0.4) is 0 Å². The molecule has 0 aromatic rings. The van der Waals surface area contributed by atoms with E-state index in [9.17, 15) is 5.11 Å². The van der Waals surface area contributed by atoms with E-state index in [-0.39, 0.29) is 16.9 Å². The summed E-state index contributed by atoms with van der Waals surface area (Å²) in [6.07, 6.45) is 12.8. The summed E-state index contributed by atoms with van der Waals surface area (Å²) in [4.78, 5) is 2.22. The predicted octanol–water partition coefficient (Wildman–Crippen LogP) is 5.07. The first-order valence-corrected chi connectivity index (χ1v) is 11.2. The highest BCUT2D eigenvalue weighted by atomic mass is 19.1. The summed E-state index contributed by atoms with van der Waals surface area (Å²) in [5.41, 5.74) is 1.62. The van der Waals surface area contributed by atoms with E-state index in [0.717, 1.165) is 58.0 Å². The Balaban J connectivity index is 1.47. The molecule has 2 nitrogen and oxygen atoms in total. The standard InChI is InChI=1S/C23H36FNO/c1-21-10-7-17(26)15-16(21)5-6-18-19(21)8-11-22(2)20(18)9-12-23(22,24)25-13-3-4-14-25/h5,17-20,26H,3-4,6-15H2,1-2H3/t17?,18-,19-,20+,21+,22+,23?/m1/s1. The largest absolute Gasteiger partial charge is 0.393 e. The first kappa shape index (κ1) is 17.7. The van der Waals surface area contributed by atoms with Crippen molar-refractivity contribution >= 4 is 0 Å². The van der Waals surface area contributed by atoms with Gasteiger partial charge < -0.3 is 5.11 Å². The second-order valence-corrected chi connectivity index (χ2v) is 10.6. The summed E-state index contributed by atoms with van der Waals surface area (Å²) in [7, 11) is 0. The summed E-state index contributed by atoms with van der Waals surface area (Å²) in [5.74, 6) is 0.826. The number of rotatable bonds is 1. The molecule has 2 unspecified atom stereocenters. The number of allylic oxidation sites excluding steroid dienone is 1. The molecule has 1 aliphatic heterocycles. The lowest BCUT2D eigenvalue weighted by molar-refractivity contribution is -0.152. The van der Waals surface area contributed by atoms with E-state index in [2.05, 4.69) is 24.8 Å². The van der Waals surface area contributed by atoms with Crippen LogP contribution in [0.5, 0.6) is 0 Å². The van der Waals surface area contributed by atoms with Crippen LogP contribution in [-0.4, -0.2) is 35.0 Å². The van der Waals surface area contributed by atoms with Crippen LogP contribution < -0.4 is 0 Å². The highest BCUT2D eigenvalue weighted by molar-refractivity contribution is 5.26.